The van der Waals surface area contributed by atoms with E-state index >= 15 is 0 Å². The Balaban J connectivity index is 1.94. The highest BCUT2D eigenvalue weighted by atomic mass is 19.1. The highest BCUT2D eigenvalue weighted by molar-refractivity contribution is 5.98. The van der Waals surface area contributed by atoms with Crippen LogP contribution in [-0.4, -0.2) is 33.3 Å². The summed E-state index contributed by atoms with van der Waals surface area (Å²) in [6.07, 6.45) is 0.184. The van der Waals surface area contributed by atoms with Crippen molar-refractivity contribution in [1.29, 1.82) is 0 Å². The molecule has 178 valence electrons. The lowest BCUT2D eigenvalue weighted by atomic mass is 9.86. The predicted octanol–water partition coefficient (Wildman–Crippen LogP) is 5.32. The maximum absolute atomic E-state index is 13.7. The topological polar surface area (TPSA) is 57.2 Å². The minimum Gasteiger partial charge on any atom is -0.493 e. The zero-order valence-corrected chi connectivity index (χ0v) is 19.8. The standard InChI is InChI=1S/C27H28FNO5/c1-5-33-24-14-18-15-26(30)29(20-10-8-19(28)9-11-20)27(21(18)16-25(24)34-6-2)17-7-12-22(31-3)23(13-17)32-4/h7-14,16,27H,5-6,15H2,1-4H3. The number of anilines is 1. The molecular formula is C27H28FNO5. The molecule has 3 aromatic rings. The van der Waals surface area contributed by atoms with Crippen LogP contribution in [-0.2, 0) is 11.2 Å². The molecule has 1 atom stereocenters. The van der Waals surface area contributed by atoms with Crippen LogP contribution in [0.1, 0.15) is 36.6 Å². The first-order valence-electron chi connectivity index (χ1n) is 11.2. The number of carbonyl (C=O) groups is 1. The lowest BCUT2D eigenvalue weighted by Crippen LogP contribution is -2.41. The molecule has 7 heteroatoms. The Bertz CT molecular complexity index is 1180. The number of amides is 1. The summed E-state index contributed by atoms with van der Waals surface area (Å²) in [4.78, 5) is 15.2. The molecule has 0 N–H and O–H groups in total. The van der Waals surface area contributed by atoms with Crippen LogP contribution in [0.25, 0.3) is 0 Å². The number of ether oxygens (including phenoxy) is 4. The SMILES string of the molecule is CCOc1cc2c(cc1OCC)C(c1ccc(OC)c(OC)c1)N(c1ccc(F)cc1)C(=O)C2. The molecule has 0 saturated carbocycles. The first-order chi connectivity index (χ1) is 16.5. The third-order valence-electron chi connectivity index (χ3n) is 5.80. The molecule has 0 bridgehead atoms. The van der Waals surface area contributed by atoms with E-state index in [0.717, 1.165) is 16.7 Å². The molecule has 6 nitrogen and oxygen atoms in total. The van der Waals surface area contributed by atoms with Crippen LogP contribution >= 0.6 is 0 Å². The highest BCUT2D eigenvalue weighted by Gasteiger charge is 2.36. The van der Waals surface area contributed by atoms with Crippen molar-refractivity contribution < 1.29 is 28.1 Å². The van der Waals surface area contributed by atoms with Gasteiger partial charge in [0.2, 0.25) is 5.91 Å². The molecule has 1 unspecified atom stereocenters. The number of rotatable bonds is 8. The number of halogens is 1. The second-order valence-corrected chi connectivity index (χ2v) is 7.80. The van der Waals surface area contributed by atoms with Gasteiger partial charge in [-0.1, -0.05) is 6.07 Å². The summed E-state index contributed by atoms with van der Waals surface area (Å²) in [6, 6.07) is 14.9. The van der Waals surface area contributed by atoms with Gasteiger partial charge in [-0.25, -0.2) is 4.39 Å². The van der Waals surface area contributed by atoms with Crippen LogP contribution < -0.4 is 23.8 Å². The minimum absolute atomic E-state index is 0.106. The Morgan fingerprint density at radius 3 is 2.12 bits per heavy atom. The average molecular weight is 466 g/mol. The summed E-state index contributed by atoms with van der Waals surface area (Å²) in [5.41, 5.74) is 3.18. The van der Waals surface area contributed by atoms with Crippen molar-refractivity contribution in [2.45, 2.75) is 26.3 Å². The molecule has 3 aromatic carbocycles. The Morgan fingerprint density at radius 2 is 1.50 bits per heavy atom. The second-order valence-electron chi connectivity index (χ2n) is 7.80. The van der Waals surface area contributed by atoms with E-state index in [4.69, 9.17) is 18.9 Å². The van der Waals surface area contributed by atoms with E-state index in [1.807, 2.05) is 44.2 Å². The Kier molecular flexibility index (Phi) is 6.91. The van der Waals surface area contributed by atoms with Gasteiger partial charge in [-0.3, -0.25) is 4.79 Å². The van der Waals surface area contributed by atoms with Crippen molar-refractivity contribution in [1.82, 2.24) is 0 Å². The Labute approximate surface area is 198 Å². The smallest absolute Gasteiger partial charge is 0.232 e. The van der Waals surface area contributed by atoms with Gasteiger partial charge in [-0.15, -0.1) is 0 Å². The van der Waals surface area contributed by atoms with Crippen LogP contribution in [0.5, 0.6) is 23.0 Å². The molecule has 0 fully saturated rings. The van der Waals surface area contributed by atoms with Gasteiger partial charge in [0.15, 0.2) is 23.0 Å². The van der Waals surface area contributed by atoms with Crippen molar-refractivity contribution in [3.05, 3.63) is 77.1 Å². The van der Waals surface area contributed by atoms with Crippen LogP contribution in [0.2, 0.25) is 0 Å². The molecule has 0 saturated heterocycles. The number of hydrogen-bond acceptors (Lipinski definition) is 5. The highest BCUT2D eigenvalue weighted by Crippen LogP contribution is 2.45. The van der Waals surface area contributed by atoms with Gasteiger partial charge < -0.3 is 23.8 Å². The first kappa shape index (κ1) is 23.4. The van der Waals surface area contributed by atoms with Gasteiger partial charge in [-0.05, 0) is 79.1 Å². The maximum atomic E-state index is 13.7. The van der Waals surface area contributed by atoms with Crippen molar-refractivity contribution >= 4 is 11.6 Å². The molecule has 34 heavy (non-hydrogen) atoms. The van der Waals surface area contributed by atoms with E-state index in [2.05, 4.69) is 0 Å². The Hall–Kier alpha value is -3.74. The number of benzene rings is 3. The third-order valence-corrected chi connectivity index (χ3v) is 5.80. The third kappa shape index (κ3) is 4.38. The van der Waals surface area contributed by atoms with Crippen LogP contribution in [0, 0.1) is 5.82 Å². The van der Waals surface area contributed by atoms with Gasteiger partial charge in [-0.2, -0.15) is 0 Å². The number of methoxy groups -OCH3 is 2. The van der Waals surface area contributed by atoms with Crippen molar-refractivity contribution in [3.8, 4) is 23.0 Å². The van der Waals surface area contributed by atoms with Gasteiger partial charge in [0.05, 0.1) is 39.9 Å². The molecule has 1 aliphatic rings. The molecule has 0 aromatic heterocycles. The second kappa shape index (κ2) is 10.0. The summed E-state index contributed by atoms with van der Waals surface area (Å²) < 4.78 is 36.3. The normalized spacial score (nSPS) is 15.0. The van der Waals surface area contributed by atoms with E-state index in [9.17, 15) is 9.18 Å². The van der Waals surface area contributed by atoms with Crippen molar-refractivity contribution in [2.75, 3.05) is 32.3 Å². The van der Waals surface area contributed by atoms with Gasteiger partial charge in [0, 0.05) is 5.69 Å². The fraction of sp³-hybridized carbons (Fsp3) is 0.296. The van der Waals surface area contributed by atoms with Gasteiger partial charge >= 0.3 is 0 Å². The quantitative estimate of drug-likeness (QED) is 0.451. The Morgan fingerprint density at radius 1 is 0.853 bits per heavy atom. The van der Waals surface area contributed by atoms with Crippen molar-refractivity contribution in [2.24, 2.45) is 0 Å². The number of carbonyl (C=O) groups excluding carboxylic acids is 1. The monoisotopic (exact) mass is 465 g/mol. The summed E-state index contributed by atoms with van der Waals surface area (Å²) in [6.45, 7) is 4.77. The van der Waals surface area contributed by atoms with E-state index in [-0.39, 0.29) is 18.1 Å². The lowest BCUT2D eigenvalue weighted by Gasteiger charge is -2.38. The fourth-order valence-corrected chi connectivity index (χ4v) is 4.34. The predicted molar refractivity (Wildman–Crippen MR) is 128 cm³/mol. The van der Waals surface area contributed by atoms with Crippen LogP contribution in [0.3, 0.4) is 0 Å². The van der Waals surface area contributed by atoms with E-state index in [1.54, 1.807) is 31.3 Å². The van der Waals surface area contributed by atoms with Crippen LogP contribution in [0.15, 0.2) is 54.6 Å². The summed E-state index contributed by atoms with van der Waals surface area (Å²) in [5, 5.41) is 0. The summed E-state index contributed by atoms with van der Waals surface area (Å²) in [5.74, 6) is 1.89. The summed E-state index contributed by atoms with van der Waals surface area (Å²) in [7, 11) is 3.15. The lowest BCUT2D eigenvalue weighted by molar-refractivity contribution is -0.118. The first-order valence-corrected chi connectivity index (χ1v) is 11.2. The minimum atomic E-state index is -0.489. The molecule has 4 rings (SSSR count). The average Bonchev–Trinajstić information content (AvgIpc) is 2.84. The van der Waals surface area contributed by atoms with E-state index in [0.29, 0.717) is 41.9 Å². The van der Waals surface area contributed by atoms with E-state index in [1.165, 1.54) is 12.1 Å². The largest absolute Gasteiger partial charge is 0.493 e. The maximum Gasteiger partial charge on any atom is 0.232 e. The van der Waals surface area contributed by atoms with Gasteiger partial charge in [0.1, 0.15) is 5.82 Å². The zero-order valence-electron chi connectivity index (χ0n) is 19.8. The number of hydrogen-bond donors (Lipinski definition) is 0. The zero-order chi connectivity index (χ0) is 24.2. The fourth-order valence-electron chi connectivity index (χ4n) is 4.34. The number of fused-ring (bicyclic) bond motifs is 1. The summed E-state index contributed by atoms with van der Waals surface area (Å²) >= 11 is 0. The molecule has 1 amide bonds. The number of nitrogens with zero attached hydrogens (tertiary/aromatic N) is 1. The molecule has 1 heterocycles. The molecule has 0 aliphatic carbocycles. The van der Waals surface area contributed by atoms with Gasteiger partial charge in [0.25, 0.3) is 0 Å². The van der Waals surface area contributed by atoms with E-state index < -0.39 is 6.04 Å². The molecule has 1 aliphatic heterocycles. The van der Waals surface area contributed by atoms with Crippen molar-refractivity contribution in [3.63, 3.8) is 0 Å². The van der Waals surface area contributed by atoms with Crippen LogP contribution in [0.4, 0.5) is 10.1 Å². The molecule has 0 spiro atoms. The molecular weight excluding hydrogens is 437 g/mol. The molecule has 0 radical (unpaired) electrons.